The Morgan fingerprint density at radius 3 is 2.35 bits per heavy atom. The van der Waals surface area contributed by atoms with Gasteiger partial charge in [0.05, 0.1) is 0 Å². The van der Waals surface area contributed by atoms with Crippen LogP contribution in [0.2, 0.25) is 0 Å². The molecule has 0 heterocycles. The van der Waals surface area contributed by atoms with E-state index < -0.39 is 0 Å². The normalized spacial score (nSPS) is 20.4. The van der Waals surface area contributed by atoms with Gasteiger partial charge in [-0.1, -0.05) is 42.5 Å². The van der Waals surface area contributed by atoms with Crippen LogP contribution in [0.1, 0.15) is 33.8 Å². The zero-order chi connectivity index (χ0) is 13.9. The molecule has 0 aliphatic heterocycles. The Morgan fingerprint density at radius 2 is 1.75 bits per heavy atom. The topological polar surface area (TPSA) is 55.1 Å². The van der Waals surface area contributed by atoms with E-state index in [0.717, 1.165) is 12.0 Å². The maximum absolute atomic E-state index is 11.9. The van der Waals surface area contributed by atoms with Crippen molar-refractivity contribution in [3.63, 3.8) is 0 Å². The van der Waals surface area contributed by atoms with Crippen molar-refractivity contribution in [1.29, 1.82) is 0 Å². The average molecular weight is 266 g/mol. The molecule has 0 radical (unpaired) electrons. The second-order valence-corrected chi connectivity index (χ2v) is 5.30. The molecule has 3 nitrogen and oxygen atoms in total. The molecule has 102 valence electrons. The minimum absolute atomic E-state index is 0.0427. The van der Waals surface area contributed by atoms with Crippen molar-refractivity contribution in [1.82, 2.24) is 5.32 Å². The number of carbonyl (C=O) groups is 1. The van der Waals surface area contributed by atoms with Crippen molar-refractivity contribution in [3.05, 3.63) is 71.3 Å². The number of hydrogen-bond donors (Lipinski definition) is 2. The summed E-state index contributed by atoms with van der Waals surface area (Å²) < 4.78 is 0. The smallest absolute Gasteiger partial charge is 0.251 e. The van der Waals surface area contributed by atoms with Gasteiger partial charge in [0.25, 0.3) is 5.91 Å². The highest BCUT2D eigenvalue weighted by Crippen LogP contribution is 2.38. The Labute approximate surface area is 118 Å². The molecule has 3 N–H and O–H groups in total. The molecule has 1 amide bonds. The van der Waals surface area contributed by atoms with Crippen molar-refractivity contribution in [2.75, 3.05) is 0 Å². The van der Waals surface area contributed by atoms with E-state index in [1.54, 1.807) is 0 Å². The van der Waals surface area contributed by atoms with Crippen LogP contribution in [-0.4, -0.2) is 11.9 Å². The standard InChI is InChI=1S/C17H18N2O/c18-16-10-15(16)13-8-6-12(7-9-13)11-19-17(20)14-4-2-1-3-5-14/h1-9,15-16H,10-11,18H2,(H,19,20). The number of benzene rings is 2. The first-order valence-electron chi connectivity index (χ1n) is 6.92. The third-order valence-corrected chi connectivity index (χ3v) is 3.74. The van der Waals surface area contributed by atoms with Gasteiger partial charge in [-0.25, -0.2) is 0 Å². The summed E-state index contributed by atoms with van der Waals surface area (Å²) in [6, 6.07) is 17.9. The molecule has 2 atom stereocenters. The van der Waals surface area contributed by atoms with Crippen LogP contribution in [0.4, 0.5) is 0 Å². The molecule has 1 aliphatic carbocycles. The van der Waals surface area contributed by atoms with Crippen molar-refractivity contribution < 1.29 is 4.79 Å². The van der Waals surface area contributed by atoms with Crippen LogP contribution in [0.5, 0.6) is 0 Å². The predicted molar refractivity (Wildman–Crippen MR) is 79.4 cm³/mol. The molecule has 0 aromatic heterocycles. The lowest BCUT2D eigenvalue weighted by Gasteiger charge is -2.06. The molecule has 2 aromatic carbocycles. The van der Waals surface area contributed by atoms with Crippen LogP contribution in [0.15, 0.2) is 54.6 Å². The molecule has 3 rings (SSSR count). The Kier molecular flexibility index (Phi) is 3.52. The summed E-state index contributed by atoms with van der Waals surface area (Å²) in [6.07, 6.45) is 1.09. The van der Waals surface area contributed by atoms with Crippen LogP contribution >= 0.6 is 0 Å². The van der Waals surface area contributed by atoms with Gasteiger partial charge in [-0.15, -0.1) is 0 Å². The van der Waals surface area contributed by atoms with Crippen LogP contribution in [0.3, 0.4) is 0 Å². The lowest BCUT2D eigenvalue weighted by Crippen LogP contribution is -2.22. The Bertz CT molecular complexity index is 592. The van der Waals surface area contributed by atoms with Crippen LogP contribution in [0.25, 0.3) is 0 Å². The van der Waals surface area contributed by atoms with Gasteiger partial charge in [0.1, 0.15) is 0 Å². The second-order valence-electron chi connectivity index (χ2n) is 5.30. The number of amides is 1. The maximum atomic E-state index is 11.9. The van der Waals surface area contributed by atoms with E-state index in [1.807, 2.05) is 30.3 Å². The molecule has 0 bridgehead atoms. The summed E-state index contributed by atoms with van der Waals surface area (Å²) in [6.45, 7) is 0.546. The first kappa shape index (κ1) is 12.9. The summed E-state index contributed by atoms with van der Waals surface area (Å²) in [4.78, 5) is 11.9. The number of nitrogens with one attached hydrogen (secondary N) is 1. The summed E-state index contributed by atoms with van der Waals surface area (Å²) in [5.41, 5.74) is 8.94. The zero-order valence-electron chi connectivity index (χ0n) is 11.3. The van der Waals surface area contributed by atoms with Crippen molar-refractivity contribution >= 4 is 5.91 Å². The van der Waals surface area contributed by atoms with Gasteiger partial charge in [0, 0.05) is 24.1 Å². The first-order valence-corrected chi connectivity index (χ1v) is 6.92. The minimum atomic E-state index is -0.0427. The molecule has 1 saturated carbocycles. The highest BCUT2D eigenvalue weighted by molar-refractivity contribution is 5.94. The second kappa shape index (κ2) is 5.47. The van der Waals surface area contributed by atoms with E-state index in [9.17, 15) is 4.79 Å². The van der Waals surface area contributed by atoms with Gasteiger partial charge < -0.3 is 11.1 Å². The Morgan fingerprint density at radius 1 is 1.10 bits per heavy atom. The highest BCUT2D eigenvalue weighted by Gasteiger charge is 2.34. The maximum Gasteiger partial charge on any atom is 0.251 e. The quantitative estimate of drug-likeness (QED) is 0.893. The fraction of sp³-hybridized carbons (Fsp3) is 0.235. The summed E-state index contributed by atoms with van der Waals surface area (Å²) in [5.74, 6) is 0.488. The zero-order valence-corrected chi connectivity index (χ0v) is 11.3. The van der Waals surface area contributed by atoms with Gasteiger partial charge in [0.15, 0.2) is 0 Å². The van der Waals surface area contributed by atoms with E-state index in [0.29, 0.717) is 24.1 Å². The monoisotopic (exact) mass is 266 g/mol. The lowest BCUT2D eigenvalue weighted by atomic mass is 10.1. The van der Waals surface area contributed by atoms with Gasteiger partial charge in [-0.3, -0.25) is 4.79 Å². The van der Waals surface area contributed by atoms with Crippen LogP contribution in [0, 0.1) is 0 Å². The van der Waals surface area contributed by atoms with E-state index in [2.05, 4.69) is 29.6 Å². The molecule has 1 fully saturated rings. The van der Waals surface area contributed by atoms with E-state index in [-0.39, 0.29) is 5.91 Å². The van der Waals surface area contributed by atoms with Gasteiger partial charge >= 0.3 is 0 Å². The molecule has 1 aliphatic rings. The fourth-order valence-corrected chi connectivity index (χ4v) is 2.35. The number of nitrogens with two attached hydrogens (primary N) is 1. The summed E-state index contributed by atoms with van der Waals surface area (Å²) >= 11 is 0. The first-order chi connectivity index (χ1) is 9.74. The summed E-state index contributed by atoms with van der Waals surface area (Å²) in [5, 5.41) is 2.92. The van der Waals surface area contributed by atoms with Crippen molar-refractivity contribution in [2.24, 2.45) is 5.73 Å². The average Bonchev–Trinajstić information content (AvgIpc) is 3.23. The number of carbonyl (C=O) groups excluding carboxylic acids is 1. The number of hydrogen-bond acceptors (Lipinski definition) is 2. The molecule has 0 saturated heterocycles. The Balaban J connectivity index is 1.57. The van der Waals surface area contributed by atoms with Crippen molar-refractivity contribution in [3.8, 4) is 0 Å². The van der Waals surface area contributed by atoms with Gasteiger partial charge in [0.2, 0.25) is 0 Å². The number of rotatable bonds is 4. The third kappa shape index (κ3) is 2.89. The molecule has 0 spiro atoms. The molecule has 2 aromatic rings. The lowest BCUT2D eigenvalue weighted by molar-refractivity contribution is 0.0951. The van der Waals surface area contributed by atoms with Gasteiger partial charge in [-0.2, -0.15) is 0 Å². The molecule has 20 heavy (non-hydrogen) atoms. The third-order valence-electron chi connectivity index (χ3n) is 3.74. The molecule has 3 heteroatoms. The Hall–Kier alpha value is -2.13. The molecular weight excluding hydrogens is 248 g/mol. The van der Waals surface area contributed by atoms with Gasteiger partial charge in [-0.05, 0) is 29.7 Å². The molecular formula is C17H18N2O. The predicted octanol–water partition coefficient (Wildman–Crippen LogP) is 2.43. The minimum Gasteiger partial charge on any atom is -0.348 e. The van der Waals surface area contributed by atoms with E-state index >= 15 is 0 Å². The largest absolute Gasteiger partial charge is 0.348 e. The van der Waals surface area contributed by atoms with E-state index in [4.69, 9.17) is 5.73 Å². The SMILES string of the molecule is NC1CC1c1ccc(CNC(=O)c2ccccc2)cc1. The van der Waals surface area contributed by atoms with Crippen LogP contribution < -0.4 is 11.1 Å². The molecule has 2 unspecified atom stereocenters. The fourth-order valence-electron chi connectivity index (χ4n) is 2.35. The van der Waals surface area contributed by atoms with Crippen molar-refractivity contribution in [2.45, 2.75) is 24.9 Å². The summed E-state index contributed by atoms with van der Waals surface area (Å²) in [7, 11) is 0. The highest BCUT2D eigenvalue weighted by atomic mass is 16.1. The van der Waals surface area contributed by atoms with E-state index in [1.165, 1.54) is 5.56 Å². The van der Waals surface area contributed by atoms with Crippen LogP contribution in [-0.2, 0) is 6.54 Å².